The summed E-state index contributed by atoms with van der Waals surface area (Å²) in [7, 11) is -2.48. The average molecular weight is 598 g/mol. The van der Waals surface area contributed by atoms with E-state index in [1.165, 1.54) is 12.3 Å². The molecule has 2 aromatic heterocycles. The van der Waals surface area contributed by atoms with Gasteiger partial charge in [-0.15, -0.1) is 0 Å². The summed E-state index contributed by atoms with van der Waals surface area (Å²) in [6.07, 6.45) is 4.02. The summed E-state index contributed by atoms with van der Waals surface area (Å²) in [6.45, 7) is 1.22. The number of ketones is 1. The number of nitrogen functional groups attached to an aromatic ring is 1. The molecule has 0 aliphatic carbocycles. The van der Waals surface area contributed by atoms with Crippen molar-refractivity contribution in [3.05, 3.63) is 102 Å². The molecule has 0 aliphatic heterocycles. The molecule has 10 nitrogen and oxygen atoms in total. The number of hydrogen-bond acceptors (Lipinski definition) is 7. The second-order valence-corrected chi connectivity index (χ2v) is 11.9. The van der Waals surface area contributed by atoms with Gasteiger partial charge in [-0.3, -0.25) is 24.3 Å². The van der Waals surface area contributed by atoms with Gasteiger partial charge in [0, 0.05) is 47.8 Å². The zero-order valence-electron chi connectivity index (χ0n) is 23.8. The second-order valence-electron chi connectivity index (χ2n) is 10.0. The van der Waals surface area contributed by atoms with Crippen LogP contribution in [0.5, 0.6) is 0 Å². The maximum Gasteiger partial charge on any atom is 0.326 e. The molecule has 0 fully saturated rings. The molecule has 0 spiro atoms. The van der Waals surface area contributed by atoms with Gasteiger partial charge in [-0.2, -0.15) is 0 Å². The third kappa shape index (κ3) is 5.98. The Bertz CT molecular complexity index is 1960. The van der Waals surface area contributed by atoms with Crippen LogP contribution >= 0.6 is 0 Å². The number of sulfonamides is 1. The number of amidine groups is 1. The minimum absolute atomic E-state index is 0.0137. The van der Waals surface area contributed by atoms with Gasteiger partial charge in [0.1, 0.15) is 17.3 Å². The Hall–Kier alpha value is -5.03. The SMILES string of the molecule is CCOC(=O)CN(c1ccc2c(C(=O)CCc3ccc(C(=N)N)cc3)cn(C)c2c1)S(=O)(=O)c1cccc2cccnc12. The number of fused-ring (bicyclic) bond motifs is 2. The molecule has 0 bridgehead atoms. The predicted octanol–water partition coefficient (Wildman–Crippen LogP) is 4.58. The molecule has 0 aliphatic rings. The predicted molar refractivity (Wildman–Crippen MR) is 166 cm³/mol. The number of aryl methyl sites for hydroxylation is 2. The Morgan fingerprint density at radius 3 is 2.51 bits per heavy atom. The van der Waals surface area contributed by atoms with E-state index < -0.39 is 22.5 Å². The molecule has 11 heteroatoms. The second kappa shape index (κ2) is 12.1. The Balaban J connectivity index is 1.49. The first-order valence-corrected chi connectivity index (χ1v) is 15.1. The van der Waals surface area contributed by atoms with Crippen molar-refractivity contribution < 1.29 is 22.7 Å². The van der Waals surface area contributed by atoms with Gasteiger partial charge in [0.2, 0.25) is 0 Å². The van der Waals surface area contributed by atoms with Crippen LogP contribution in [0, 0.1) is 5.41 Å². The highest BCUT2D eigenvalue weighted by Gasteiger charge is 2.30. The summed E-state index contributed by atoms with van der Waals surface area (Å²) in [5, 5.41) is 8.85. The van der Waals surface area contributed by atoms with Gasteiger partial charge in [0.25, 0.3) is 10.0 Å². The molecule has 3 N–H and O–H groups in total. The first kappa shape index (κ1) is 29.5. The van der Waals surface area contributed by atoms with E-state index in [1.54, 1.807) is 79.3 Å². The summed E-state index contributed by atoms with van der Waals surface area (Å²) < 4.78 is 36.1. The molecule has 5 aromatic rings. The Kier molecular flexibility index (Phi) is 8.27. The third-order valence-corrected chi connectivity index (χ3v) is 9.02. The first-order valence-electron chi connectivity index (χ1n) is 13.7. The number of nitrogens with one attached hydrogen (secondary N) is 1. The van der Waals surface area contributed by atoms with Gasteiger partial charge < -0.3 is 15.0 Å². The Labute approximate surface area is 249 Å². The van der Waals surface area contributed by atoms with Crippen LogP contribution in [0.2, 0.25) is 0 Å². The van der Waals surface area contributed by atoms with E-state index in [1.807, 2.05) is 12.1 Å². The van der Waals surface area contributed by atoms with Gasteiger partial charge in [-0.1, -0.05) is 48.5 Å². The highest BCUT2D eigenvalue weighted by atomic mass is 32.2. The van der Waals surface area contributed by atoms with Crippen molar-refractivity contribution in [1.29, 1.82) is 5.41 Å². The van der Waals surface area contributed by atoms with Gasteiger partial charge >= 0.3 is 5.97 Å². The highest BCUT2D eigenvalue weighted by molar-refractivity contribution is 7.93. The fraction of sp³-hybridized carbons (Fsp3) is 0.188. The number of hydrogen-bond donors (Lipinski definition) is 2. The summed E-state index contributed by atoms with van der Waals surface area (Å²) in [5.41, 5.74) is 8.78. The number of carbonyl (C=O) groups is 2. The largest absolute Gasteiger partial charge is 0.465 e. The van der Waals surface area contributed by atoms with Crippen molar-refractivity contribution >= 4 is 55.1 Å². The van der Waals surface area contributed by atoms with Crippen LogP contribution in [0.4, 0.5) is 5.69 Å². The van der Waals surface area contributed by atoms with E-state index >= 15 is 0 Å². The number of benzene rings is 3. The number of para-hydroxylation sites is 1. The number of anilines is 1. The number of nitrogens with two attached hydrogens (primary N) is 1. The molecule has 0 atom stereocenters. The molecule has 5 rings (SSSR count). The monoisotopic (exact) mass is 597 g/mol. The number of Topliss-reactive ketones (excluding diaryl/α,β-unsaturated/α-hetero) is 1. The molecule has 43 heavy (non-hydrogen) atoms. The lowest BCUT2D eigenvalue weighted by Crippen LogP contribution is -2.36. The van der Waals surface area contributed by atoms with Crippen LogP contribution in [-0.4, -0.2) is 48.7 Å². The van der Waals surface area contributed by atoms with Crippen molar-refractivity contribution in [3.8, 4) is 0 Å². The van der Waals surface area contributed by atoms with Crippen LogP contribution in [0.25, 0.3) is 21.8 Å². The molecular formula is C32H31N5O5S. The lowest BCUT2D eigenvalue weighted by atomic mass is 10.0. The van der Waals surface area contributed by atoms with Gasteiger partial charge in [0.05, 0.1) is 23.3 Å². The summed E-state index contributed by atoms with van der Waals surface area (Å²) in [5.74, 6) is -0.773. The molecule has 3 aromatic carbocycles. The standard InChI is InChI=1S/C32H31N5O5S/c1-3-42-30(39)20-37(43(40,41)29-8-4-6-22-7-5-17-35-31(22)29)24-14-15-25-26(19-36(2)27(25)18-24)28(38)16-11-21-9-12-23(13-10-21)32(33)34/h4-10,12-15,17-19H,3,11,16,20H2,1-2H3,(H3,33,34). The minimum atomic E-state index is -4.26. The average Bonchev–Trinajstić information content (AvgIpc) is 3.34. The van der Waals surface area contributed by atoms with Crippen molar-refractivity contribution in [2.75, 3.05) is 17.5 Å². The molecule has 0 amide bonds. The van der Waals surface area contributed by atoms with E-state index in [-0.39, 0.29) is 35.2 Å². The van der Waals surface area contributed by atoms with Crippen molar-refractivity contribution in [3.63, 3.8) is 0 Å². The molecule has 0 unspecified atom stereocenters. The number of nitrogens with zero attached hydrogens (tertiary/aromatic N) is 3. The summed E-state index contributed by atoms with van der Waals surface area (Å²) >= 11 is 0. The highest BCUT2D eigenvalue weighted by Crippen LogP contribution is 2.32. The number of pyridine rings is 1. The van der Waals surface area contributed by atoms with Crippen LogP contribution < -0.4 is 10.0 Å². The van der Waals surface area contributed by atoms with E-state index in [0.29, 0.717) is 39.4 Å². The molecule has 0 saturated carbocycles. The van der Waals surface area contributed by atoms with Crippen molar-refractivity contribution in [2.24, 2.45) is 12.8 Å². The van der Waals surface area contributed by atoms with E-state index in [9.17, 15) is 18.0 Å². The minimum Gasteiger partial charge on any atom is -0.465 e. The number of rotatable bonds is 11. The maximum atomic E-state index is 14.1. The van der Waals surface area contributed by atoms with Crippen molar-refractivity contribution in [1.82, 2.24) is 9.55 Å². The lowest BCUT2D eigenvalue weighted by Gasteiger charge is -2.24. The smallest absolute Gasteiger partial charge is 0.326 e. The zero-order valence-corrected chi connectivity index (χ0v) is 24.6. The molecule has 0 radical (unpaired) electrons. The summed E-state index contributed by atoms with van der Waals surface area (Å²) in [4.78, 5) is 30.2. The van der Waals surface area contributed by atoms with Gasteiger partial charge in [-0.05, 0) is 43.2 Å². The van der Waals surface area contributed by atoms with Crippen LogP contribution in [0.15, 0.2) is 90.1 Å². The molecular weight excluding hydrogens is 566 g/mol. The van der Waals surface area contributed by atoms with E-state index in [0.717, 1.165) is 9.87 Å². The third-order valence-electron chi connectivity index (χ3n) is 7.21. The normalized spacial score (nSPS) is 11.5. The quantitative estimate of drug-likeness (QED) is 0.0979. The van der Waals surface area contributed by atoms with Crippen LogP contribution in [-0.2, 0) is 33.0 Å². The lowest BCUT2D eigenvalue weighted by molar-refractivity contribution is -0.141. The number of aromatic nitrogens is 2. The van der Waals surface area contributed by atoms with Crippen LogP contribution in [0.3, 0.4) is 0 Å². The topological polar surface area (TPSA) is 148 Å². The zero-order chi connectivity index (χ0) is 30.7. The number of carbonyl (C=O) groups excluding carboxylic acids is 2. The molecule has 0 saturated heterocycles. The Morgan fingerprint density at radius 1 is 1.05 bits per heavy atom. The van der Waals surface area contributed by atoms with Crippen molar-refractivity contribution in [2.45, 2.75) is 24.7 Å². The fourth-order valence-corrected chi connectivity index (χ4v) is 6.60. The van der Waals surface area contributed by atoms with Gasteiger partial charge in [0.15, 0.2) is 5.78 Å². The number of esters is 1. The van der Waals surface area contributed by atoms with Crippen LogP contribution in [0.1, 0.15) is 34.8 Å². The Morgan fingerprint density at radius 2 is 1.79 bits per heavy atom. The van der Waals surface area contributed by atoms with Gasteiger partial charge in [-0.25, -0.2) is 8.42 Å². The van der Waals surface area contributed by atoms with E-state index in [2.05, 4.69) is 4.98 Å². The van der Waals surface area contributed by atoms with E-state index in [4.69, 9.17) is 15.9 Å². The number of ether oxygens (including phenoxy) is 1. The maximum absolute atomic E-state index is 14.1. The molecule has 220 valence electrons. The summed E-state index contributed by atoms with van der Waals surface area (Å²) in [6, 6.07) is 20.5. The fourth-order valence-electron chi connectivity index (χ4n) is 5.04. The molecule has 2 heterocycles. The first-order chi connectivity index (χ1) is 20.6.